The van der Waals surface area contributed by atoms with Gasteiger partial charge in [0.15, 0.2) is 9.84 Å². The van der Waals surface area contributed by atoms with Gasteiger partial charge < -0.3 is 46.6 Å². The van der Waals surface area contributed by atoms with Crippen molar-refractivity contribution in [2.45, 2.75) is 199 Å². The van der Waals surface area contributed by atoms with Crippen LogP contribution in [0.5, 0.6) is 0 Å². The summed E-state index contributed by atoms with van der Waals surface area (Å²) in [4.78, 5) is 11.2. The normalized spacial score (nSPS) is 10.0. The Hall–Kier alpha value is 2.28. The Morgan fingerprint density at radius 1 is 0.406 bits per heavy atom. The maximum Gasteiger partial charge on any atom is 1.00 e. The van der Waals surface area contributed by atoms with Gasteiger partial charge in [-0.05, 0) is 0 Å². The summed E-state index contributed by atoms with van der Waals surface area (Å²) in [5.41, 5.74) is 0. The molecule has 0 atom stereocenters. The molecule has 0 spiro atoms. The van der Waals surface area contributed by atoms with Crippen LogP contribution in [0.3, 0.4) is 0 Å². The van der Waals surface area contributed by atoms with Gasteiger partial charge in [0.1, 0.15) is 39.3 Å². The Kier molecular flexibility index (Phi) is 167. The number of hydrogen-bond donors (Lipinski definition) is 1. The first kappa shape index (κ1) is 152. The van der Waals surface area contributed by atoms with Crippen molar-refractivity contribution in [1.82, 2.24) is 0 Å². The van der Waals surface area contributed by atoms with E-state index in [9.17, 15) is 84.9 Å². The second-order valence-corrected chi connectivity index (χ2v) is 34.2. The van der Waals surface area contributed by atoms with Crippen molar-refractivity contribution in [3.8, 4) is 0 Å². The molecule has 0 saturated carbocycles. The molecule has 582 valence electrons. The number of unbranched alkanes of at least 4 members (excludes halogenated alkanes) is 12. The number of carbonyl (C=O) groups is 1. The van der Waals surface area contributed by atoms with Gasteiger partial charge in [-0.15, -0.1) is 0 Å². The van der Waals surface area contributed by atoms with E-state index in [1.54, 1.807) is 0 Å². The van der Waals surface area contributed by atoms with Crippen molar-refractivity contribution in [3.05, 3.63) is 17.7 Å². The Morgan fingerprint density at radius 2 is 0.583 bits per heavy atom. The smallest absolute Gasteiger partial charge is 1.00 e. The van der Waals surface area contributed by atoms with Crippen LogP contribution in [0.25, 0.3) is 0 Å². The van der Waals surface area contributed by atoms with Gasteiger partial charge in [-0.2, -0.15) is 14.2 Å². The van der Waals surface area contributed by atoms with Gasteiger partial charge in [-0.1, -0.05) is 212 Å². The monoisotopic (exact) mass is 1630 g/mol. The molecule has 0 fully saturated rings. The largest absolute Gasteiger partial charge is 1.00 e. The van der Waals surface area contributed by atoms with E-state index in [-0.39, 0.29) is 155 Å². The van der Waals surface area contributed by atoms with E-state index >= 15 is 0 Å². The van der Waals surface area contributed by atoms with Gasteiger partial charge in [-0.25, -0.2) is 63.1 Å². The Labute approximate surface area is 675 Å². The summed E-state index contributed by atoms with van der Waals surface area (Å²) in [6, 6.07) is 0. The number of carbonyl (C=O) groups excluding carboxylic acids is 1. The van der Waals surface area contributed by atoms with Gasteiger partial charge >= 0.3 is 129 Å². The van der Waals surface area contributed by atoms with Crippen molar-refractivity contribution in [2.24, 2.45) is 0 Å². The zero-order chi connectivity index (χ0) is 74.0. The van der Waals surface area contributed by atoms with Crippen molar-refractivity contribution >= 4 is 96.7 Å². The SMILES string of the molecule is C=CS(C)(=O)=O.CCCCC.CCCCC.CCCCC.CCCCC.CCCCC.CCCCC.COCCS(C)(=O)=O.COC[CH-]S(C)(=O)=O.CS(=O)(=O)CCOS(=O)(=O)O.CS(=O)(=O)CCOS(=O)(=O)[O-].CS(=O)(=O)CCOS(=O)(=O)[O-].O.O.O=CO[O-].[H-].[Na+].[Na+].[Na+].[Na+].[OH-]. The molecule has 0 aliphatic rings. The number of ether oxygens (including phenoxy) is 2. The third-order valence-electron chi connectivity index (χ3n) is 7.83. The van der Waals surface area contributed by atoms with Gasteiger partial charge in [0.05, 0.1) is 49.4 Å². The van der Waals surface area contributed by atoms with E-state index in [0.29, 0.717) is 6.61 Å². The summed E-state index contributed by atoms with van der Waals surface area (Å²) in [6.45, 7) is 28.1. The van der Waals surface area contributed by atoms with E-state index < -0.39 is 127 Å². The summed E-state index contributed by atoms with van der Waals surface area (Å²) < 4.78 is 229. The number of hydrogen-bond acceptors (Lipinski definition) is 29. The van der Waals surface area contributed by atoms with Crippen molar-refractivity contribution in [1.29, 1.82) is 0 Å². The minimum atomic E-state index is -4.76. The summed E-state index contributed by atoms with van der Waals surface area (Å²) in [7, 11) is -29.6. The molecule has 0 saturated heterocycles. The van der Waals surface area contributed by atoms with Crippen LogP contribution in [-0.2, 0) is 122 Å². The van der Waals surface area contributed by atoms with E-state index in [1.165, 1.54) is 136 Å². The van der Waals surface area contributed by atoms with Crippen molar-refractivity contribution < 1.29 is 262 Å². The summed E-state index contributed by atoms with van der Waals surface area (Å²) >= 11 is 0. The number of rotatable bonds is 32. The van der Waals surface area contributed by atoms with E-state index in [1.807, 2.05) is 0 Å². The average molecular weight is 1630 g/mol. The van der Waals surface area contributed by atoms with Crippen molar-refractivity contribution in [2.75, 3.05) is 108 Å². The molecule has 0 radical (unpaired) electrons. The summed E-state index contributed by atoms with van der Waals surface area (Å²) in [6.07, 6.45) is 30.6. The summed E-state index contributed by atoms with van der Waals surface area (Å²) in [5.74, 6) is -0.160. The molecule has 0 heterocycles. The maximum absolute atomic E-state index is 10.4. The van der Waals surface area contributed by atoms with E-state index in [4.69, 9.17) is 14.6 Å². The molecular formula is C51H126Na4O32S9-2. The van der Waals surface area contributed by atoms with Crippen molar-refractivity contribution in [3.63, 3.8) is 0 Å². The molecule has 0 unspecified atom stereocenters. The van der Waals surface area contributed by atoms with Crippen LogP contribution in [0.2, 0.25) is 0 Å². The Morgan fingerprint density at radius 3 is 0.656 bits per heavy atom. The fourth-order valence-corrected chi connectivity index (χ4v) is 6.61. The van der Waals surface area contributed by atoms with Crippen LogP contribution in [0.1, 0.15) is 200 Å². The molecule has 0 aromatic rings. The molecule has 45 heteroatoms. The Balaban J connectivity index is -0.0000000342. The molecule has 32 nitrogen and oxygen atoms in total. The zero-order valence-electron chi connectivity index (χ0n) is 63.5. The van der Waals surface area contributed by atoms with Crippen LogP contribution in [0.15, 0.2) is 12.0 Å². The zero-order valence-corrected chi connectivity index (χ0v) is 77.9. The molecule has 0 amide bonds. The predicted molar refractivity (Wildman–Crippen MR) is 364 cm³/mol. The molecule has 0 aliphatic carbocycles. The fraction of sp³-hybridized carbons (Fsp3) is 0.922. The molecule has 0 bridgehead atoms. The first-order chi connectivity index (χ1) is 40.2. The molecule has 96 heavy (non-hydrogen) atoms. The average Bonchev–Trinajstić information content (AvgIpc) is 3.36. The first-order valence-electron chi connectivity index (χ1n) is 28.3. The molecule has 0 aromatic heterocycles. The second-order valence-electron chi connectivity index (χ2n) is 18.0. The Bertz CT molecular complexity index is 2170. The topological polar surface area (TPSA) is 562 Å². The molecule has 0 aliphatic heterocycles. The summed E-state index contributed by atoms with van der Waals surface area (Å²) in [5, 5.41) is 9.34. The molecule has 0 aromatic carbocycles. The quantitative estimate of drug-likeness (QED) is 0.0124. The predicted octanol–water partition coefficient (Wildman–Crippen LogP) is -6.53. The molecule has 6 N–H and O–H groups in total. The standard InChI is InChI=1S/6C5H12.C4H10O3S.C4H9O3S.3C3H8O6S2.C3H6O2S.CH2O3.4Na.3H2O.H/c6*1-3-5-4-2;2*1-7-3-4-8(2,5)6;3*1-10(4,5)3-2-9-11(6,7)8;1-3-6(2,4)5;2-1-4-3;;;;;;;;/h6*3-5H2,1-2H3;3-4H2,1-2H3;4H,3H2,1-2H3;3*2-3H2,1H3,(H,6,7,8);3H,1H2,2H3;1,3H;;;;;3*1H2;/q;;;;;;;-1;;;;;;4*+1;;;;-1/p-4. The molecular weight excluding hydrogens is 1510 g/mol. The fourth-order valence-electron chi connectivity index (χ4n) is 3.41. The van der Waals surface area contributed by atoms with E-state index in [0.717, 1.165) is 42.4 Å². The van der Waals surface area contributed by atoms with Gasteiger partial charge in [0.2, 0.25) is 20.8 Å². The number of sulfone groups is 6. The van der Waals surface area contributed by atoms with Crippen LogP contribution in [-0.4, -0.2) is 220 Å². The third-order valence-corrected chi connectivity index (χ3v) is 14.2. The second kappa shape index (κ2) is 106. The first-order valence-corrected chi connectivity index (χ1v) is 44.5. The number of methoxy groups -OCH3 is 2. The van der Waals surface area contributed by atoms with Gasteiger partial charge in [0.25, 0.3) is 6.47 Å². The van der Waals surface area contributed by atoms with E-state index in [2.05, 4.69) is 117 Å². The third kappa shape index (κ3) is 320. The van der Waals surface area contributed by atoms with Crippen LogP contribution < -0.4 is 123 Å². The van der Waals surface area contributed by atoms with Crippen LogP contribution in [0, 0.1) is 5.75 Å². The minimum Gasteiger partial charge on any atom is -1.00 e. The van der Waals surface area contributed by atoms with Crippen LogP contribution >= 0.6 is 0 Å². The van der Waals surface area contributed by atoms with Gasteiger partial charge in [0, 0.05) is 67.0 Å². The molecule has 0 rings (SSSR count). The van der Waals surface area contributed by atoms with Crippen LogP contribution in [0.4, 0.5) is 0 Å². The van der Waals surface area contributed by atoms with Gasteiger partial charge in [-0.3, -0.25) is 26.1 Å². The maximum atomic E-state index is 10.4. The minimum absolute atomic E-state index is 0.